The summed E-state index contributed by atoms with van der Waals surface area (Å²) < 4.78 is 16.3. The third kappa shape index (κ3) is 5.61. The van der Waals surface area contributed by atoms with Crippen molar-refractivity contribution >= 4 is 6.09 Å². The number of amides is 1. The Hall–Kier alpha value is -3.32. The van der Waals surface area contributed by atoms with E-state index in [1.54, 1.807) is 6.07 Å². The molecule has 3 aromatic rings. The first-order chi connectivity index (χ1) is 14.8. The third-order valence-electron chi connectivity index (χ3n) is 4.91. The maximum Gasteiger partial charge on any atom is 0.422 e. The highest BCUT2D eigenvalue weighted by Gasteiger charge is 2.14. The lowest BCUT2D eigenvalue weighted by Gasteiger charge is -2.26. The van der Waals surface area contributed by atoms with Crippen LogP contribution in [0.5, 0.6) is 5.75 Å². The van der Waals surface area contributed by atoms with E-state index in [1.807, 2.05) is 59.6 Å². The molecule has 0 bridgehead atoms. The van der Waals surface area contributed by atoms with Crippen LogP contribution >= 0.6 is 0 Å². The van der Waals surface area contributed by atoms with Crippen LogP contribution in [-0.4, -0.2) is 29.3 Å². The average molecular weight is 407 g/mol. The van der Waals surface area contributed by atoms with E-state index in [9.17, 15) is 4.79 Å². The number of hydrogen-bond acceptors (Lipinski definition) is 6. The van der Waals surface area contributed by atoms with Crippen molar-refractivity contribution in [2.24, 2.45) is 0 Å². The van der Waals surface area contributed by atoms with Gasteiger partial charge in [-0.2, -0.15) is 0 Å². The van der Waals surface area contributed by atoms with E-state index < -0.39 is 6.09 Å². The van der Waals surface area contributed by atoms with Gasteiger partial charge in [0.1, 0.15) is 18.1 Å². The highest BCUT2D eigenvalue weighted by molar-refractivity contribution is 5.66. The summed E-state index contributed by atoms with van der Waals surface area (Å²) in [6, 6.07) is 19.4. The molecule has 0 atom stereocenters. The van der Waals surface area contributed by atoms with Crippen LogP contribution in [-0.2, 0) is 18.0 Å². The summed E-state index contributed by atoms with van der Waals surface area (Å²) in [4.78, 5) is 11.9. The summed E-state index contributed by atoms with van der Waals surface area (Å²) >= 11 is 0. The molecule has 2 aromatic carbocycles. The summed E-state index contributed by atoms with van der Waals surface area (Å²) in [6.45, 7) is 2.26. The minimum atomic E-state index is -0.477. The van der Waals surface area contributed by atoms with Gasteiger partial charge in [0.25, 0.3) is 0 Å². The molecule has 0 unspecified atom stereocenters. The zero-order valence-electron chi connectivity index (χ0n) is 16.8. The molecule has 1 fully saturated rings. The lowest BCUT2D eigenvalue weighted by atomic mass is 10.1. The van der Waals surface area contributed by atoms with Crippen LogP contribution in [0.4, 0.5) is 4.79 Å². The smallest absolute Gasteiger partial charge is 0.422 e. The second kappa shape index (κ2) is 9.93. The maximum atomic E-state index is 11.9. The van der Waals surface area contributed by atoms with E-state index in [4.69, 9.17) is 14.0 Å². The number of ether oxygens (including phenoxy) is 2. The van der Waals surface area contributed by atoms with Gasteiger partial charge in [0.05, 0.1) is 0 Å². The number of nitrogens with one attached hydrogen (secondary N) is 1. The Kier molecular flexibility index (Phi) is 6.61. The van der Waals surface area contributed by atoms with Gasteiger partial charge in [-0.3, -0.25) is 5.43 Å². The average Bonchev–Trinajstić information content (AvgIpc) is 3.27. The molecule has 0 aliphatic carbocycles. The van der Waals surface area contributed by atoms with Gasteiger partial charge in [-0.15, -0.1) is 0 Å². The fourth-order valence-electron chi connectivity index (χ4n) is 3.28. The van der Waals surface area contributed by atoms with Crippen molar-refractivity contribution in [3.63, 3.8) is 0 Å². The highest BCUT2D eigenvalue weighted by atomic mass is 16.6. The molecule has 0 saturated carbocycles. The largest absolute Gasteiger partial charge is 0.489 e. The Balaban J connectivity index is 1.26. The second-order valence-corrected chi connectivity index (χ2v) is 7.21. The van der Waals surface area contributed by atoms with Crippen LogP contribution in [0, 0.1) is 0 Å². The third-order valence-corrected chi connectivity index (χ3v) is 4.91. The second-order valence-electron chi connectivity index (χ2n) is 7.21. The van der Waals surface area contributed by atoms with Crippen LogP contribution in [0.1, 0.15) is 30.6 Å². The van der Waals surface area contributed by atoms with Gasteiger partial charge < -0.3 is 14.0 Å². The maximum absolute atomic E-state index is 11.9. The van der Waals surface area contributed by atoms with Gasteiger partial charge in [0, 0.05) is 24.7 Å². The van der Waals surface area contributed by atoms with Gasteiger partial charge in [-0.1, -0.05) is 41.9 Å². The molecule has 7 heteroatoms. The van der Waals surface area contributed by atoms with Crippen LogP contribution in [0.3, 0.4) is 0 Å². The minimum absolute atomic E-state index is 0.0327. The SMILES string of the molecule is O=C(NN1CCCCC1)OCc1cc(-c2ccc(OCc3ccccc3)cc2)no1. The molecule has 0 radical (unpaired) electrons. The number of hydrazine groups is 1. The molecule has 4 rings (SSSR count). The molecule has 1 saturated heterocycles. The lowest BCUT2D eigenvalue weighted by molar-refractivity contribution is 0.0845. The number of benzene rings is 2. The quantitative estimate of drug-likeness (QED) is 0.619. The van der Waals surface area contributed by atoms with Crippen molar-refractivity contribution in [3.05, 3.63) is 72.0 Å². The van der Waals surface area contributed by atoms with Crippen LogP contribution in [0.25, 0.3) is 11.3 Å². The normalized spacial score (nSPS) is 14.3. The van der Waals surface area contributed by atoms with Gasteiger partial charge in [-0.05, 0) is 42.7 Å². The number of aromatic nitrogens is 1. The first-order valence-corrected chi connectivity index (χ1v) is 10.2. The molecule has 2 heterocycles. The molecular weight excluding hydrogens is 382 g/mol. The van der Waals surface area contributed by atoms with Crippen LogP contribution in [0.15, 0.2) is 65.2 Å². The summed E-state index contributed by atoms with van der Waals surface area (Å²) in [5.74, 6) is 1.27. The van der Waals surface area contributed by atoms with Gasteiger partial charge >= 0.3 is 6.09 Å². The first kappa shape index (κ1) is 20.0. The Labute approximate surface area is 175 Å². The first-order valence-electron chi connectivity index (χ1n) is 10.2. The predicted molar refractivity (Wildman–Crippen MR) is 111 cm³/mol. The molecule has 1 amide bonds. The zero-order valence-corrected chi connectivity index (χ0v) is 16.8. The standard InChI is InChI=1S/C23H25N3O4/c27-23(24-26-13-5-2-6-14-26)29-17-21-15-22(25-30-21)19-9-11-20(12-10-19)28-16-18-7-3-1-4-8-18/h1,3-4,7-12,15H,2,5-6,13-14,16-17H2,(H,24,27). The van der Waals surface area contributed by atoms with Crippen molar-refractivity contribution in [1.82, 2.24) is 15.6 Å². The number of nitrogens with zero attached hydrogens (tertiary/aromatic N) is 2. The van der Waals surface area contributed by atoms with E-state index in [0.717, 1.165) is 42.8 Å². The van der Waals surface area contributed by atoms with Gasteiger partial charge in [0.2, 0.25) is 0 Å². The van der Waals surface area contributed by atoms with E-state index >= 15 is 0 Å². The van der Waals surface area contributed by atoms with E-state index in [-0.39, 0.29) is 6.61 Å². The molecule has 1 aliphatic heterocycles. The van der Waals surface area contributed by atoms with E-state index in [0.29, 0.717) is 18.1 Å². The van der Waals surface area contributed by atoms with Crippen molar-refractivity contribution < 1.29 is 18.8 Å². The van der Waals surface area contributed by atoms with Crippen LogP contribution < -0.4 is 10.2 Å². The molecule has 156 valence electrons. The molecule has 1 aromatic heterocycles. The number of hydrogen-bond donors (Lipinski definition) is 1. The number of rotatable bonds is 7. The fourth-order valence-corrected chi connectivity index (χ4v) is 3.28. The fraction of sp³-hybridized carbons (Fsp3) is 0.304. The van der Waals surface area contributed by atoms with Crippen molar-refractivity contribution in [2.45, 2.75) is 32.5 Å². The Bertz CT molecular complexity index is 935. The predicted octanol–water partition coefficient (Wildman–Crippen LogP) is 4.55. The Morgan fingerprint density at radius 1 is 1.00 bits per heavy atom. The van der Waals surface area contributed by atoms with Crippen molar-refractivity contribution in [3.8, 4) is 17.0 Å². The van der Waals surface area contributed by atoms with Crippen LogP contribution in [0.2, 0.25) is 0 Å². The lowest BCUT2D eigenvalue weighted by Crippen LogP contribution is -2.45. The van der Waals surface area contributed by atoms with E-state index in [2.05, 4.69) is 10.6 Å². The molecule has 30 heavy (non-hydrogen) atoms. The number of piperidine rings is 1. The van der Waals surface area contributed by atoms with Gasteiger partial charge in [-0.25, -0.2) is 9.80 Å². The van der Waals surface area contributed by atoms with E-state index in [1.165, 1.54) is 6.42 Å². The summed E-state index contributed by atoms with van der Waals surface area (Å²) in [5, 5.41) is 5.95. The van der Waals surface area contributed by atoms with Crippen molar-refractivity contribution in [2.75, 3.05) is 13.1 Å². The summed E-state index contributed by atoms with van der Waals surface area (Å²) in [6.07, 6.45) is 2.90. The molecule has 1 N–H and O–H groups in total. The summed E-state index contributed by atoms with van der Waals surface area (Å²) in [7, 11) is 0. The molecular formula is C23H25N3O4. The zero-order chi connectivity index (χ0) is 20.6. The monoisotopic (exact) mass is 407 g/mol. The van der Waals surface area contributed by atoms with Crippen molar-refractivity contribution in [1.29, 1.82) is 0 Å². The number of carbonyl (C=O) groups is 1. The Morgan fingerprint density at radius 2 is 1.77 bits per heavy atom. The molecule has 7 nitrogen and oxygen atoms in total. The minimum Gasteiger partial charge on any atom is -0.489 e. The molecule has 1 aliphatic rings. The van der Waals surface area contributed by atoms with Gasteiger partial charge in [0.15, 0.2) is 12.4 Å². The Morgan fingerprint density at radius 3 is 2.53 bits per heavy atom. The number of carbonyl (C=O) groups excluding carboxylic acids is 1. The highest BCUT2D eigenvalue weighted by Crippen LogP contribution is 2.23. The topological polar surface area (TPSA) is 76.8 Å². The molecule has 0 spiro atoms. The summed E-state index contributed by atoms with van der Waals surface area (Å²) in [5.41, 5.74) is 5.45.